The zero-order chi connectivity index (χ0) is 25.0. The van der Waals surface area contributed by atoms with Crippen LogP contribution in [0.1, 0.15) is 53.2 Å². The van der Waals surface area contributed by atoms with Crippen molar-refractivity contribution in [2.45, 2.75) is 38.0 Å². The number of anilines is 3. The Balaban J connectivity index is 1.30. The minimum atomic E-state index is -0.0181. The van der Waals surface area contributed by atoms with Crippen LogP contribution in [0.2, 0.25) is 0 Å². The average Bonchev–Trinajstić information content (AvgIpc) is 3.68. The predicted octanol–water partition coefficient (Wildman–Crippen LogP) is 4.11. The van der Waals surface area contributed by atoms with E-state index in [1.54, 1.807) is 6.20 Å². The van der Waals surface area contributed by atoms with Crippen molar-refractivity contribution in [3.05, 3.63) is 71.7 Å². The molecule has 8 nitrogen and oxygen atoms in total. The summed E-state index contributed by atoms with van der Waals surface area (Å²) in [6.07, 6.45) is 9.19. The van der Waals surface area contributed by atoms with Gasteiger partial charge in [0.15, 0.2) is 0 Å². The van der Waals surface area contributed by atoms with Crippen molar-refractivity contribution in [1.82, 2.24) is 20.3 Å². The maximum Gasteiger partial charge on any atom is 0.251 e. The third-order valence-corrected chi connectivity index (χ3v) is 7.61. The molecule has 192 valence electrons. The lowest BCUT2D eigenvalue weighted by Gasteiger charge is -2.29. The second-order valence-electron chi connectivity index (χ2n) is 10.2. The zero-order valence-electron chi connectivity index (χ0n) is 21.2. The summed E-state index contributed by atoms with van der Waals surface area (Å²) in [6, 6.07) is 13.5. The molecule has 1 unspecified atom stereocenters. The molecule has 37 heavy (non-hydrogen) atoms. The summed E-state index contributed by atoms with van der Waals surface area (Å²) >= 11 is 0. The number of nitrogens with zero attached hydrogens (tertiary/aromatic N) is 5. The number of ether oxygens (including phenoxy) is 1. The smallest absolute Gasteiger partial charge is 0.251 e. The Bertz CT molecular complexity index is 1210. The number of carbonyl (C=O) groups excluding carboxylic acids is 1. The van der Waals surface area contributed by atoms with Gasteiger partial charge >= 0.3 is 0 Å². The lowest BCUT2D eigenvalue weighted by atomic mass is 9.91. The minimum Gasteiger partial charge on any atom is -0.378 e. The van der Waals surface area contributed by atoms with Crippen molar-refractivity contribution in [2.24, 2.45) is 5.92 Å². The van der Waals surface area contributed by atoms with E-state index in [4.69, 9.17) is 14.7 Å². The van der Waals surface area contributed by atoms with Crippen LogP contribution in [0.5, 0.6) is 0 Å². The van der Waals surface area contributed by atoms with Crippen LogP contribution in [-0.4, -0.2) is 60.3 Å². The Morgan fingerprint density at radius 3 is 2.65 bits per heavy atom. The number of nitrogens with one attached hydrogen (secondary N) is 1. The van der Waals surface area contributed by atoms with Crippen LogP contribution in [0.3, 0.4) is 0 Å². The fraction of sp³-hybridized carbons (Fsp3) is 0.448. The molecular formula is C29H34N6O2. The number of fused-ring (bicyclic) bond motifs is 1. The molecule has 1 amide bonds. The largest absolute Gasteiger partial charge is 0.378 e. The minimum absolute atomic E-state index is 0.0181. The Morgan fingerprint density at radius 2 is 1.89 bits per heavy atom. The fourth-order valence-electron chi connectivity index (χ4n) is 5.45. The molecule has 4 heterocycles. The third kappa shape index (κ3) is 5.44. The van der Waals surface area contributed by atoms with Crippen LogP contribution in [0.25, 0.3) is 0 Å². The van der Waals surface area contributed by atoms with E-state index in [9.17, 15) is 4.79 Å². The second kappa shape index (κ2) is 10.8. The van der Waals surface area contributed by atoms with Crippen LogP contribution in [0.4, 0.5) is 17.5 Å². The molecule has 0 bridgehead atoms. The van der Waals surface area contributed by atoms with Gasteiger partial charge in [0, 0.05) is 49.4 Å². The van der Waals surface area contributed by atoms with Crippen molar-refractivity contribution in [1.29, 1.82) is 0 Å². The summed E-state index contributed by atoms with van der Waals surface area (Å²) in [5.41, 5.74) is 4.18. The van der Waals surface area contributed by atoms with Gasteiger partial charge < -0.3 is 19.9 Å². The first-order valence-corrected chi connectivity index (χ1v) is 13.5. The van der Waals surface area contributed by atoms with Crippen LogP contribution < -0.4 is 15.1 Å². The fourth-order valence-corrected chi connectivity index (χ4v) is 5.45. The molecule has 3 aliphatic rings. The topological polar surface area (TPSA) is 83.5 Å². The van der Waals surface area contributed by atoms with Gasteiger partial charge in [0.1, 0.15) is 5.82 Å². The van der Waals surface area contributed by atoms with Crippen LogP contribution in [0.15, 0.2) is 54.9 Å². The number of morpholine rings is 1. The van der Waals surface area contributed by atoms with Crippen molar-refractivity contribution >= 4 is 23.4 Å². The number of amides is 1. The normalized spacial score (nSPS) is 17.9. The maximum atomic E-state index is 12.7. The van der Waals surface area contributed by atoms with Gasteiger partial charge in [0.2, 0.25) is 5.95 Å². The van der Waals surface area contributed by atoms with E-state index in [1.165, 1.54) is 24.1 Å². The summed E-state index contributed by atoms with van der Waals surface area (Å²) in [6.45, 7) is 4.48. The van der Waals surface area contributed by atoms with Crippen LogP contribution >= 0.6 is 0 Å². The summed E-state index contributed by atoms with van der Waals surface area (Å²) in [7, 11) is 0. The first kappa shape index (κ1) is 23.9. The van der Waals surface area contributed by atoms with Gasteiger partial charge in [-0.15, -0.1) is 0 Å². The summed E-state index contributed by atoms with van der Waals surface area (Å²) in [4.78, 5) is 31.9. The van der Waals surface area contributed by atoms with Gasteiger partial charge in [-0.2, -0.15) is 4.98 Å². The van der Waals surface area contributed by atoms with E-state index in [0.717, 1.165) is 62.3 Å². The Morgan fingerprint density at radius 1 is 1.05 bits per heavy atom. The number of hydrogen-bond acceptors (Lipinski definition) is 7. The molecule has 6 rings (SSSR count). The molecule has 1 saturated heterocycles. The number of hydrogen-bond donors (Lipinski definition) is 1. The molecule has 0 radical (unpaired) electrons. The Hall–Kier alpha value is -3.52. The molecule has 1 atom stereocenters. The molecule has 1 aromatic carbocycles. The third-order valence-electron chi connectivity index (χ3n) is 7.61. The Labute approximate surface area is 218 Å². The molecule has 2 aliphatic heterocycles. The van der Waals surface area contributed by atoms with Gasteiger partial charge in [0.25, 0.3) is 5.91 Å². The summed E-state index contributed by atoms with van der Waals surface area (Å²) in [5.74, 6) is 2.82. The summed E-state index contributed by atoms with van der Waals surface area (Å²) < 4.78 is 5.60. The number of benzene rings is 1. The maximum absolute atomic E-state index is 12.7. The van der Waals surface area contributed by atoms with Gasteiger partial charge in [-0.25, -0.2) is 4.98 Å². The lowest BCUT2D eigenvalue weighted by molar-refractivity contribution is 0.0952. The van der Waals surface area contributed by atoms with Gasteiger partial charge in [-0.3, -0.25) is 9.78 Å². The van der Waals surface area contributed by atoms with Crippen molar-refractivity contribution in [3.63, 3.8) is 0 Å². The number of rotatable bonds is 9. The average molecular weight is 499 g/mol. The molecule has 1 N–H and O–H groups in total. The van der Waals surface area contributed by atoms with Gasteiger partial charge in [-0.05, 0) is 49.4 Å². The van der Waals surface area contributed by atoms with Crippen molar-refractivity contribution in [2.75, 3.05) is 49.2 Å². The number of aromatic nitrogens is 3. The zero-order valence-corrected chi connectivity index (χ0v) is 21.2. The number of carbonyl (C=O) groups is 1. The first-order valence-electron chi connectivity index (χ1n) is 13.5. The molecule has 1 saturated carbocycles. The molecule has 3 aromatic rings. The van der Waals surface area contributed by atoms with E-state index in [0.29, 0.717) is 25.3 Å². The standard InChI is InChI=1S/C29H34N6O2/c36-28(22-5-2-1-3-6-22)31-13-10-23(19-21-8-9-21)26-25-11-14-35(24-7-4-12-30-20-24)27(25)33-29(32-26)34-15-17-37-18-16-34/h1-7,12,20-21,23H,8-11,13-19H2,(H,31,36). The van der Waals surface area contributed by atoms with E-state index in [1.807, 2.05) is 42.6 Å². The Kier molecular flexibility index (Phi) is 6.99. The quantitative estimate of drug-likeness (QED) is 0.475. The first-order chi connectivity index (χ1) is 18.3. The highest BCUT2D eigenvalue weighted by atomic mass is 16.5. The second-order valence-corrected chi connectivity index (χ2v) is 10.2. The predicted molar refractivity (Wildman–Crippen MR) is 143 cm³/mol. The van der Waals surface area contributed by atoms with Crippen molar-refractivity contribution in [3.8, 4) is 0 Å². The number of pyridine rings is 1. The van der Waals surface area contributed by atoms with E-state index in [-0.39, 0.29) is 11.8 Å². The van der Waals surface area contributed by atoms with Crippen LogP contribution in [-0.2, 0) is 11.2 Å². The van der Waals surface area contributed by atoms with E-state index in [2.05, 4.69) is 26.2 Å². The van der Waals surface area contributed by atoms with E-state index >= 15 is 0 Å². The molecule has 0 spiro atoms. The monoisotopic (exact) mass is 498 g/mol. The SMILES string of the molecule is O=C(NCCC(CC1CC1)c1nc(N2CCOCC2)nc2c1CCN2c1cccnc1)c1ccccc1. The highest BCUT2D eigenvalue weighted by Crippen LogP contribution is 2.44. The molecular weight excluding hydrogens is 464 g/mol. The molecule has 2 aromatic heterocycles. The molecule has 8 heteroatoms. The van der Waals surface area contributed by atoms with Crippen molar-refractivity contribution < 1.29 is 9.53 Å². The van der Waals surface area contributed by atoms with E-state index < -0.39 is 0 Å². The van der Waals surface area contributed by atoms with Gasteiger partial charge in [0.05, 0.1) is 30.8 Å². The lowest BCUT2D eigenvalue weighted by Crippen LogP contribution is -2.37. The molecule has 1 aliphatic carbocycles. The summed E-state index contributed by atoms with van der Waals surface area (Å²) in [5, 5.41) is 3.15. The highest BCUT2D eigenvalue weighted by Gasteiger charge is 2.34. The van der Waals surface area contributed by atoms with Crippen LogP contribution in [0, 0.1) is 5.92 Å². The molecule has 2 fully saturated rings. The highest BCUT2D eigenvalue weighted by molar-refractivity contribution is 5.94. The van der Waals surface area contributed by atoms with Gasteiger partial charge in [-0.1, -0.05) is 31.0 Å².